The number of aromatic nitrogens is 3. The normalized spacial score (nSPS) is 16.1. The van der Waals surface area contributed by atoms with Gasteiger partial charge >= 0.3 is 0 Å². The molecule has 1 aliphatic heterocycles. The molecule has 3 heterocycles. The molecule has 1 fully saturated rings. The standard InChI is InChI=1S/C20H25N7O/c1-4-17-6-5-7-21-19(17)22-12-15(2)26-8-10-27(11-9-26)20-23-13-18(14-24-20)25-16(3)28/h4-7,12-15H,1,8-11H2,2-3H3,(H,25,28). The van der Waals surface area contributed by atoms with Crippen molar-refractivity contribution in [3.8, 4) is 0 Å². The molecule has 8 nitrogen and oxygen atoms in total. The van der Waals surface area contributed by atoms with E-state index in [2.05, 4.69) is 48.6 Å². The van der Waals surface area contributed by atoms with Gasteiger partial charge in [0.2, 0.25) is 11.9 Å². The number of hydrogen-bond acceptors (Lipinski definition) is 7. The highest BCUT2D eigenvalue weighted by molar-refractivity contribution is 5.88. The molecule has 0 spiro atoms. The van der Waals surface area contributed by atoms with E-state index in [-0.39, 0.29) is 11.9 Å². The molecule has 2 aromatic rings. The van der Waals surface area contributed by atoms with E-state index < -0.39 is 0 Å². The van der Waals surface area contributed by atoms with Crippen LogP contribution in [0.15, 0.2) is 42.3 Å². The van der Waals surface area contributed by atoms with E-state index in [1.165, 1.54) is 6.92 Å². The molecule has 28 heavy (non-hydrogen) atoms. The van der Waals surface area contributed by atoms with Crippen LogP contribution in [0.5, 0.6) is 0 Å². The van der Waals surface area contributed by atoms with Crippen LogP contribution in [0.4, 0.5) is 17.5 Å². The Morgan fingerprint density at radius 3 is 2.61 bits per heavy atom. The number of carbonyl (C=O) groups is 1. The first-order chi connectivity index (χ1) is 13.6. The summed E-state index contributed by atoms with van der Waals surface area (Å²) >= 11 is 0. The molecule has 8 heteroatoms. The third-order valence-corrected chi connectivity index (χ3v) is 4.58. The maximum atomic E-state index is 11.1. The van der Waals surface area contributed by atoms with Gasteiger partial charge in [0.1, 0.15) is 0 Å². The summed E-state index contributed by atoms with van der Waals surface area (Å²) in [6.07, 6.45) is 8.70. The highest BCUT2D eigenvalue weighted by Crippen LogP contribution is 2.17. The number of rotatable bonds is 6. The Morgan fingerprint density at radius 1 is 1.25 bits per heavy atom. The predicted octanol–water partition coefficient (Wildman–Crippen LogP) is 2.39. The summed E-state index contributed by atoms with van der Waals surface area (Å²) in [4.78, 5) is 33.1. The summed E-state index contributed by atoms with van der Waals surface area (Å²) in [7, 11) is 0. The molecule has 1 atom stereocenters. The highest BCUT2D eigenvalue weighted by Gasteiger charge is 2.21. The van der Waals surface area contributed by atoms with Crippen molar-refractivity contribution >= 4 is 35.7 Å². The molecule has 3 rings (SSSR count). The van der Waals surface area contributed by atoms with Gasteiger partial charge in [-0.1, -0.05) is 12.7 Å². The Balaban J connectivity index is 1.55. The Labute approximate surface area is 165 Å². The zero-order chi connectivity index (χ0) is 19.9. The van der Waals surface area contributed by atoms with Crippen LogP contribution >= 0.6 is 0 Å². The first-order valence-corrected chi connectivity index (χ1v) is 9.27. The molecule has 0 radical (unpaired) electrons. The maximum absolute atomic E-state index is 11.1. The van der Waals surface area contributed by atoms with Crippen molar-refractivity contribution < 1.29 is 4.79 Å². The number of aliphatic imine (C=N–C) groups is 1. The fourth-order valence-corrected chi connectivity index (χ4v) is 3.03. The van der Waals surface area contributed by atoms with Gasteiger partial charge in [-0.15, -0.1) is 0 Å². The second kappa shape index (κ2) is 9.18. The Bertz CT molecular complexity index is 842. The molecule has 1 unspecified atom stereocenters. The van der Waals surface area contributed by atoms with Gasteiger partial charge in [0, 0.05) is 57.1 Å². The van der Waals surface area contributed by atoms with Gasteiger partial charge in [0.15, 0.2) is 5.82 Å². The second-order valence-electron chi connectivity index (χ2n) is 6.62. The van der Waals surface area contributed by atoms with Crippen molar-refractivity contribution in [3.05, 3.63) is 42.9 Å². The molecular formula is C20H25N7O. The van der Waals surface area contributed by atoms with E-state index in [9.17, 15) is 4.79 Å². The minimum atomic E-state index is -0.133. The minimum Gasteiger partial charge on any atom is -0.338 e. The third kappa shape index (κ3) is 4.98. The molecule has 2 aromatic heterocycles. The van der Waals surface area contributed by atoms with Crippen molar-refractivity contribution in [1.82, 2.24) is 19.9 Å². The summed E-state index contributed by atoms with van der Waals surface area (Å²) < 4.78 is 0. The average Bonchev–Trinajstić information content (AvgIpc) is 2.72. The second-order valence-corrected chi connectivity index (χ2v) is 6.62. The molecule has 1 N–H and O–H groups in total. The van der Waals surface area contributed by atoms with Crippen molar-refractivity contribution in [1.29, 1.82) is 0 Å². The van der Waals surface area contributed by atoms with Gasteiger partial charge in [-0.05, 0) is 19.1 Å². The summed E-state index contributed by atoms with van der Waals surface area (Å²) in [6.45, 7) is 10.8. The fraction of sp³-hybridized carbons (Fsp3) is 0.350. The molecule has 1 saturated heterocycles. The zero-order valence-corrected chi connectivity index (χ0v) is 16.2. The zero-order valence-electron chi connectivity index (χ0n) is 16.2. The van der Waals surface area contributed by atoms with Crippen LogP contribution in [0.2, 0.25) is 0 Å². The summed E-state index contributed by atoms with van der Waals surface area (Å²) in [5, 5.41) is 2.68. The van der Waals surface area contributed by atoms with Crippen LogP contribution in [-0.2, 0) is 4.79 Å². The molecule has 0 bridgehead atoms. The van der Waals surface area contributed by atoms with E-state index in [0.717, 1.165) is 31.7 Å². The Hall–Kier alpha value is -3.13. The molecule has 0 saturated carbocycles. The van der Waals surface area contributed by atoms with Crippen LogP contribution in [0, 0.1) is 0 Å². The van der Waals surface area contributed by atoms with Gasteiger partial charge in [-0.3, -0.25) is 9.69 Å². The van der Waals surface area contributed by atoms with Crippen LogP contribution in [0.1, 0.15) is 19.4 Å². The van der Waals surface area contributed by atoms with Crippen molar-refractivity contribution in [3.63, 3.8) is 0 Å². The number of nitrogens with zero attached hydrogens (tertiary/aromatic N) is 6. The highest BCUT2D eigenvalue weighted by atomic mass is 16.1. The van der Waals surface area contributed by atoms with E-state index in [1.807, 2.05) is 18.3 Å². The summed E-state index contributed by atoms with van der Waals surface area (Å²) in [6, 6.07) is 4.03. The maximum Gasteiger partial charge on any atom is 0.225 e. The number of pyridine rings is 1. The van der Waals surface area contributed by atoms with Crippen molar-refractivity contribution in [2.75, 3.05) is 36.4 Å². The van der Waals surface area contributed by atoms with Crippen molar-refractivity contribution in [2.45, 2.75) is 19.9 Å². The monoisotopic (exact) mass is 379 g/mol. The summed E-state index contributed by atoms with van der Waals surface area (Å²) in [5.41, 5.74) is 1.53. The lowest BCUT2D eigenvalue weighted by molar-refractivity contribution is -0.114. The van der Waals surface area contributed by atoms with Crippen LogP contribution in [0.25, 0.3) is 6.08 Å². The van der Waals surface area contributed by atoms with Crippen LogP contribution in [0.3, 0.4) is 0 Å². The number of carbonyl (C=O) groups excluding carboxylic acids is 1. The van der Waals surface area contributed by atoms with E-state index in [4.69, 9.17) is 0 Å². The quantitative estimate of drug-likeness (QED) is 0.776. The predicted molar refractivity (Wildman–Crippen MR) is 112 cm³/mol. The first-order valence-electron chi connectivity index (χ1n) is 9.27. The fourth-order valence-electron chi connectivity index (χ4n) is 3.03. The lowest BCUT2D eigenvalue weighted by atomic mass is 10.2. The Morgan fingerprint density at radius 2 is 1.96 bits per heavy atom. The van der Waals surface area contributed by atoms with Gasteiger partial charge in [-0.2, -0.15) is 0 Å². The lowest BCUT2D eigenvalue weighted by Gasteiger charge is -2.36. The summed E-state index contributed by atoms with van der Waals surface area (Å²) in [5.74, 6) is 1.24. The van der Waals surface area contributed by atoms with Crippen LogP contribution in [-0.4, -0.2) is 64.2 Å². The largest absolute Gasteiger partial charge is 0.338 e. The van der Waals surface area contributed by atoms with Crippen molar-refractivity contribution in [2.24, 2.45) is 4.99 Å². The van der Waals surface area contributed by atoms with Gasteiger partial charge in [0.05, 0.1) is 18.1 Å². The molecule has 0 aromatic carbocycles. The van der Waals surface area contributed by atoms with Gasteiger partial charge in [0.25, 0.3) is 0 Å². The lowest BCUT2D eigenvalue weighted by Crippen LogP contribution is -2.50. The number of hydrogen-bond donors (Lipinski definition) is 1. The molecule has 0 aliphatic carbocycles. The number of piperazine rings is 1. The minimum absolute atomic E-state index is 0.133. The Kier molecular flexibility index (Phi) is 6.44. The third-order valence-electron chi connectivity index (χ3n) is 4.58. The topological polar surface area (TPSA) is 86.6 Å². The average molecular weight is 379 g/mol. The van der Waals surface area contributed by atoms with Gasteiger partial charge < -0.3 is 10.2 Å². The van der Waals surface area contributed by atoms with E-state index in [1.54, 1.807) is 24.7 Å². The molecule has 146 valence electrons. The van der Waals surface area contributed by atoms with E-state index >= 15 is 0 Å². The number of anilines is 2. The van der Waals surface area contributed by atoms with E-state index in [0.29, 0.717) is 17.5 Å². The first kappa shape index (κ1) is 19.6. The smallest absolute Gasteiger partial charge is 0.225 e. The molecular weight excluding hydrogens is 354 g/mol. The van der Waals surface area contributed by atoms with Crippen LogP contribution < -0.4 is 10.2 Å². The SMILES string of the molecule is C=Cc1cccnc1N=CC(C)N1CCN(c2ncc(NC(C)=O)cn2)CC1. The molecule has 1 aliphatic rings. The van der Waals surface area contributed by atoms with Gasteiger partial charge in [-0.25, -0.2) is 19.9 Å². The number of amides is 1. The molecule has 1 amide bonds. The number of nitrogens with one attached hydrogen (secondary N) is 1.